The molecule has 0 atom stereocenters. The Morgan fingerprint density at radius 2 is 0.734 bits per heavy atom. The van der Waals surface area contributed by atoms with Crippen molar-refractivity contribution in [2.75, 3.05) is 0 Å². The van der Waals surface area contributed by atoms with Gasteiger partial charge < -0.3 is 9.13 Å². The second-order valence-corrected chi connectivity index (χ2v) is 16.5. The molecule has 0 radical (unpaired) electrons. The summed E-state index contributed by atoms with van der Waals surface area (Å²) in [6.07, 6.45) is 0. The molecule has 0 aliphatic heterocycles. The van der Waals surface area contributed by atoms with Gasteiger partial charge in [-0.2, -0.15) is 0 Å². The molecule has 0 bridgehead atoms. The van der Waals surface area contributed by atoms with E-state index in [1.165, 1.54) is 48.9 Å². The van der Waals surface area contributed by atoms with Crippen LogP contribution in [-0.4, -0.2) is 24.1 Å². The number of fused-ring (bicyclic) bond motifs is 8. The highest BCUT2D eigenvalue weighted by molar-refractivity contribution is 6.21. The molecule has 0 saturated heterocycles. The zero-order chi connectivity index (χ0) is 42.1. The summed E-state index contributed by atoms with van der Waals surface area (Å²) in [5.74, 6) is 1.91. The number of hydrogen-bond acceptors (Lipinski definition) is 3. The monoisotopic (exact) mass is 815 g/mol. The lowest BCUT2D eigenvalue weighted by Gasteiger charge is -2.12. The maximum Gasteiger partial charge on any atom is 0.164 e. The van der Waals surface area contributed by atoms with E-state index in [-0.39, 0.29) is 0 Å². The van der Waals surface area contributed by atoms with Crippen molar-refractivity contribution < 1.29 is 0 Å². The largest absolute Gasteiger partial charge is 0.309 e. The molecule has 0 spiro atoms. The second-order valence-electron chi connectivity index (χ2n) is 16.5. The summed E-state index contributed by atoms with van der Waals surface area (Å²) in [7, 11) is 0. The van der Waals surface area contributed by atoms with Crippen LogP contribution < -0.4 is 0 Å². The lowest BCUT2D eigenvalue weighted by Crippen LogP contribution is -2.00. The molecule has 0 aliphatic rings. The molecule has 0 saturated carbocycles. The molecule has 64 heavy (non-hydrogen) atoms. The number of hydrogen-bond donors (Lipinski definition) is 0. The lowest BCUT2D eigenvalue weighted by atomic mass is 10.0. The predicted molar refractivity (Wildman–Crippen MR) is 265 cm³/mol. The molecule has 13 rings (SSSR count). The van der Waals surface area contributed by atoms with Gasteiger partial charge in [-0.15, -0.1) is 0 Å². The average Bonchev–Trinajstić information content (AvgIpc) is 3.86. The van der Waals surface area contributed by atoms with Crippen molar-refractivity contribution in [2.24, 2.45) is 0 Å². The van der Waals surface area contributed by atoms with E-state index in [1.807, 2.05) is 36.4 Å². The summed E-state index contributed by atoms with van der Waals surface area (Å²) in [6, 6.07) is 80.0. The van der Waals surface area contributed by atoms with E-state index in [0.717, 1.165) is 55.5 Å². The highest BCUT2D eigenvalue weighted by atomic mass is 15.0. The van der Waals surface area contributed by atoms with E-state index in [0.29, 0.717) is 17.5 Å². The van der Waals surface area contributed by atoms with Crippen LogP contribution in [0.2, 0.25) is 0 Å². The number of nitrogens with zero attached hydrogens (tertiary/aromatic N) is 5. The number of rotatable bonds is 6. The Kier molecular flexibility index (Phi) is 8.15. The van der Waals surface area contributed by atoms with Gasteiger partial charge in [0.05, 0.1) is 22.1 Å². The Morgan fingerprint density at radius 3 is 1.50 bits per heavy atom. The highest BCUT2D eigenvalue weighted by Gasteiger charge is 2.20. The van der Waals surface area contributed by atoms with Gasteiger partial charge in [0.2, 0.25) is 0 Å². The van der Waals surface area contributed by atoms with E-state index in [4.69, 9.17) is 15.0 Å². The topological polar surface area (TPSA) is 48.5 Å². The first-order valence-corrected chi connectivity index (χ1v) is 21.7. The molecule has 0 unspecified atom stereocenters. The molecule has 0 fully saturated rings. The van der Waals surface area contributed by atoms with Crippen LogP contribution in [0.1, 0.15) is 0 Å². The molecule has 298 valence electrons. The van der Waals surface area contributed by atoms with Gasteiger partial charge in [0.1, 0.15) is 0 Å². The molecule has 13 aromatic rings. The summed E-state index contributed by atoms with van der Waals surface area (Å²) < 4.78 is 4.85. The van der Waals surface area contributed by atoms with Gasteiger partial charge in [0, 0.05) is 49.6 Å². The minimum absolute atomic E-state index is 0.632. The molecule has 3 heterocycles. The van der Waals surface area contributed by atoms with Crippen LogP contribution in [0.4, 0.5) is 0 Å². The second kappa shape index (κ2) is 14.5. The first-order valence-electron chi connectivity index (χ1n) is 21.7. The third-order valence-corrected chi connectivity index (χ3v) is 12.7. The van der Waals surface area contributed by atoms with E-state index in [9.17, 15) is 0 Å². The summed E-state index contributed by atoms with van der Waals surface area (Å²) in [5.41, 5.74) is 12.0. The fraction of sp³-hybridized carbons (Fsp3) is 0. The van der Waals surface area contributed by atoms with Crippen LogP contribution in [0.3, 0.4) is 0 Å². The standard InChI is InChI=1S/C59H37N5/c1-4-15-38(16-5-1)40-21-14-22-45(31-40)58-60-57(39-17-6-2-7-18-39)61-59(62-58)46-28-27-44-33-48(30-29-43(44)32-46)64-53-26-13-12-25-49(53)51-36-52-50-34-41-19-10-11-20-42(41)35-54(50)63(56(52)37-55(51)64)47-23-8-3-9-24-47/h1-37H. The van der Waals surface area contributed by atoms with Crippen molar-refractivity contribution in [3.05, 3.63) is 224 Å². The quantitative estimate of drug-likeness (QED) is 0.168. The van der Waals surface area contributed by atoms with Crippen molar-refractivity contribution in [3.8, 4) is 56.7 Å². The van der Waals surface area contributed by atoms with Crippen LogP contribution in [0.5, 0.6) is 0 Å². The molecule has 0 aliphatic carbocycles. The third-order valence-electron chi connectivity index (χ3n) is 12.7. The van der Waals surface area contributed by atoms with Gasteiger partial charge in [-0.05, 0) is 99.4 Å². The molecule has 5 nitrogen and oxygen atoms in total. The zero-order valence-electron chi connectivity index (χ0n) is 34.6. The first kappa shape index (κ1) is 36.0. The van der Waals surface area contributed by atoms with E-state index >= 15 is 0 Å². The molecular formula is C59H37N5. The van der Waals surface area contributed by atoms with Crippen molar-refractivity contribution in [1.82, 2.24) is 24.1 Å². The van der Waals surface area contributed by atoms with Gasteiger partial charge in [-0.25, -0.2) is 15.0 Å². The van der Waals surface area contributed by atoms with E-state index in [2.05, 4.69) is 197 Å². The molecule has 10 aromatic carbocycles. The smallest absolute Gasteiger partial charge is 0.164 e. The Labute approximate surface area is 368 Å². The summed E-state index contributed by atoms with van der Waals surface area (Å²) in [6.45, 7) is 0. The van der Waals surface area contributed by atoms with Crippen LogP contribution in [0.25, 0.3) is 122 Å². The number of para-hydroxylation sites is 2. The number of benzene rings is 10. The SMILES string of the molecule is c1ccc(-c2cccc(-c3nc(-c4ccccc4)nc(-c4ccc5cc(-n6c7ccccc7c7cc8c9cc%10ccccc%10cc9n(-c9ccccc9)c8cc76)ccc5c4)n3)c2)cc1. The summed E-state index contributed by atoms with van der Waals surface area (Å²) >= 11 is 0. The summed E-state index contributed by atoms with van der Waals surface area (Å²) in [5, 5.41) is 9.66. The minimum Gasteiger partial charge on any atom is -0.309 e. The van der Waals surface area contributed by atoms with Crippen molar-refractivity contribution in [1.29, 1.82) is 0 Å². The fourth-order valence-electron chi connectivity index (χ4n) is 9.63. The van der Waals surface area contributed by atoms with Gasteiger partial charge in [0.25, 0.3) is 0 Å². The molecule has 0 N–H and O–H groups in total. The van der Waals surface area contributed by atoms with Gasteiger partial charge in [-0.3, -0.25) is 0 Å². The first-order chi connectivity index (χ1) is 31.7. The maximum atomic E-state index is 5.12. The molecule has 0 amide bonds. The van der Waals surface area contributed by atoms with Crippen molar-refractivity contribution in [2.45, 2.75) is 0 Å². The van der Waals surface area contributed by atoms with E-state index < -0.39 is 0 Å². The summed E-state index contributed by atoms with van der Waals surface area (Å²) in [4.78, 5) is 15.2. The minimum atomic E-state index is 0.632. The Bertz CT molecular complexity index is 3940. The van der Waals surface area contributed by atoms with E-state index in [1.54, 1.807) is 0 Å². The van der Waals surface area contributed by atoms with Gasteiger partial charge in [0.15, 0.2) is 17.5 Å². The zero-order valence-corrected chi connectivity index (χ0v) is 34.6. The normalized spacial score (nSPS) is 11.8. The van der Waals surface area contributed by atoms with Crippen molar-refractivity contribution >= 4 is 65.2 Å². The number of aromatic nitrogens is 5. The maximum absolute atomic E-state index is 5.12. The van der Waals surface area contributed by atoms with Crippen LogP contribution >= 0.6 is 0 Å². The van der Waals surface area contributed by atoms with Crippen molar-refractivity contribution in [3.63, 3.8) is 0 Å². The molecule has 5 heteroatoms. The van der Waals surface area contributed by atoms with Gasteiger partial charge >= 0.3 is 0 Å². The predicted octanol–water partition coefficient (Wildman–Crippen LogP) is 15.0. The highest BCUT2D eigenvalue weighted by Crippen LogP contribution is 2.41. The fourth-order valence-corrected chi connectivity index (χ4v) is 9.63. The lowest BCUT2D eigenvalue weighted by molar-refractivity contribution is 1.07. The Hall–Kier alpha value is -8.67. The van der Waals surface area contributed by atoms with Crippen LogP contribution in [0, 0.1) is 0 Å². The van der Waals surface area contributed by atoms with Crippen LogP contribution in [0.15, 0.2) is 224 Å². The third kappa shape index (κ3) is 5.90. The Balaban J connectivity index is 0.966. The van der Waals surface area contributed by atoms with Gasteiger partial charge in [-0.1, -0.05) is 158 Å². The Morgan fingerprint density at radius 1 is 0.234 bits per heavy atom. The molecular weight excluding hydrogens is 779 g/mol. The van der Waals surface area contributed by atoms with Crippen LogP contribution in [-0.2, 0) is 0 Å². The molecule has 3 aromatic heterocycles. The average molecular weight is 816 g/mol.